The molecule has 96 valence electrons. The smallest absolute Gasteiger partial charge is 0.214 e. The van der Waals surface area contributed by atoms with E-state index >= 15 is 0 Å². The number of halogens is 1. The van der Waals surface area contributed by atoms with Crippen LogP contribution in [0.25, 0.3) is 0 Å². The van der Waals surface area contributed by atoms with E-state index in [1.54, 1.807) is 0 Å². The van der Waals surface area contributed by atoms with Crippen molar-refractivity contribution >= 4 is 15.9 Å². The normalized spacial score (nSPS) is 16.6. The fraction of sp³-hybridized carbons (Fsp3) is 0.200. The zero-order valence-electron chi connectivity index (χ0n) is 10.2. The van der Waals surface area contributed by atoms with Crippen molar-refractivity contribution in [2.45, 2.75) is 12.3 Å². The summed E-state index contributed by atoms with van der Waals surface area (Å²) >= 11 is 3.47. The third-order valence-electron chi connectivity index (χ3n) is 3.62. The number of hydrogen-bond acceptors (Lipinski definition) is 2. The topological polar surface area (TPSA) is 43.1 Å². The third-order valence-corrected chi connectivity index (χ3v) is 4.12. The molecule has 3 rings (SSSR count). The highest BCUT2D eigenvalue weighted by atomic mass is 79.9. The molecular formula is C15H12BrNO2. The Kier molecular flexibility index (Phi) is 3.11. The molecule has 2 aromatic rings. The molecule has 0 heterocycles. The summed E-state index contributed by atoms with van der Waals surface area (Å²) < 4.78 is 1.02. The minimum Gasteiger partial charge on any atom is -0.265 e. The highest BCUT2D eigenvalue weighted by molar-refractivity contribution is 9.10. The van der Waals surface area contributed by atoms with Crippen LogP contribution in [0.1, 0.15) is 28.2 Å². The average molecular weight is 318 g/mol. The van der Waals surface area contributed by atoms with E-state index in [0.717, 1.165) is 22.0 Å². The van der Waals surface area contributed by atoms with Crippen molar-refractivity contribution in [2.75, 3.05) is 6.54 Å². The second kappa shape index (κ2) is 4.78. The predicted octanol–water partition coefficient (Wildman–Crippen LogP) is 3.76. The lowest BCUT2D eigenvalue weighted by Crippen LogP contribution is -2.20. The quantitative estimate of drug-likeness (QED) is 0.625. The first-order chi connectivity index (χ1) is 9.15. The van der Waals surface area contributed by atoms with Gasteiger partial charge in [-0.3, -0.25) is 10.1 Å². The monoisotopic (exact) mass is 317 g/mol. The van der Waals surface area contributed by atoms with Gasteiger partial charge in [0.1, 0.15) is 0 Å². The molecule has 0 aliphatic heterocycles. The maximum Gasteiger partial charge on any atom is 0.214 e. The van der Waals surface area contributed by atoms with Gasteiger partial charge in [0, 0.05) is 9.40 Å². The first-order valence-electron chi connectivity index (χ1n) is 6.13. The second-order valence-corrected chi connectivity index (χ2v) is 5.70. The minimum absolute atomic E-state index is 0.0500. The van der Waals surface area contributed by atoms with Gasteiger partial charge in [-0.05, 0) is 40.8 Å². The van der Waals surface area contributed by atoms with Crippen molar-refractivity contribution in [3.05, 3.63) is 79.3 Å². The fourth-order valence-electron chi connectivity index (χ4n) is 2.82. The van der Waals surface area contributed by atoms with Gasteiger partial charge in [0.15, 0.2) is 0 Å². The standard InChI is InChI=1S/C15H12BrNO2/c16-12-5-6-14-11(8-12)7-10-3-1-2-4-13(10)15(14)9-17(18)19/h1-6,8,15H,7,9H2/t15-/m1/s1. The molecule has 0 aromatic heterocycles. The van der Waals surface area contributed by atoms with Crippen LogP contribution >= 0.6 is 15.9 Å². The van der Waals surface area contributed by atoms with Gasteiger partial charge in [0.2, 0.25) is 6.54 Å². The van der Waals surface area contributed by atoms with Crippen LogP contribution in [0.5, 0.6) is 0 Å². The molecule has 19 heavy (non-hydrogen) atoms. The van der Waals surface area contributed by atoms with Crippen LogP contribution in [0.4, 0.5) is 0 Å². The highest BCUT2D eigenvalue weighted by Crippen LogP contribution is 2.37. The van der Waals surface area contributed by atoms with E-state index in [-0.39, 0.29) is 17.4 Å². The Hall–Kier alpha value is -1.68. The summed E-state index contributed by atoms with van der Waals surface area (Å²) in [5.41, 5.74) is 4.55. The van der Waals surface area contributed by atoms with Crippen molar-refractivity contribution in [2.24, 2.45) is 0 Å². The number of benzene rings is 2. The van der Waals surface area contributed by atoms with Crippen molar-refractivity contribution in [3.8, 4) is 0 Å². The summed E-state index contributed by atoms with van der Waals surface area (Å²) in [6, 6.07) is 14.0. The lowest BCUT2D eigenvalue weighted by Gasteiger charge is -2.26. The number of hydrogen-bond donors (Lipinski definition) is 0. The molecule has 0 unspecified atom stereocenters. The molecule has 0 saturated carbocycles. The predicted molar refractivity (Wildman–Crippen MR) is 77.1 cm³/mol. The summed E-state index contributed by atoms with van der Waals surface area (Å²) in [5.74, 6) is -0.136. The van der Waals surface area contributed by atoms with Gasteiger partial charge in [0.05, 0.1) is 5.92 Å². The van der Waals surface area contributed by atoms with E-state index in [1.807, 2.05) is 30.3 Å². The van der Waals surface area contributed by atoms with Crippen LogP contribution in [0.3, 0.4) is 0 Å². The van der Waals surface area contributed by atoms with Crippen LogP contribution < -0.4 is 0 Å². The third kappa shape index (κ3) is 2.28. The summed E-state index contributed by atoms with van der Waals surface area (Å²) in [6.45, 7) is -0.0500. The Morgan fingerprint density at radius 2 is 1.89 bits per heavy atom. The molecule has 0 spiro atoms. The molecule has 0 radical (unpaired) electrons. The molecule has 4 heteroatoms. The molecule has 2 aromatic carbocycles. The molecule has 1 aliphatic rings. The van der Waals surface area contributed by atoms with E-state index < -0.39 is 0 Å². The molecular weight excluding hydrogens is 306 g/mol. The van der Waals surface area contributed by atoms with Crippen molar-refractivity contribution in [1.82, 2.24) is 0 Å². The van der Waals surface area contributed by atoms with Gasteiger partial charge in [-0.15, -0.1) is 0 Å². The van der Waals surface area contributed by atoms with Crippen molar-refractivity contribution < 1.29 is 4.92 Å². The van der Waals surface area contributed by atoms with Crippen LogP contribution in [0.2, 0.25) is 0 Å². The van der Waals surface area contributed by atoms with Crippen LogP contribution in [-0.2, 0) is 6.42 Å². The SMILES string of the molecule is O=[N+]([O-])C[C@@H]1c2ccccc2Cc2cc(Br)ccc21. The Labute approximate surface area is 119 Å². The Morgan fingerprint density at radius 1 is 1.16 bits per heavy atom. The maximum absolute atomic E-state index is 11.0. The van der Waals surface area contributed by atoms with E-state index in [0.29, 0.717) is 0 Å². The molecule has 0 saturated heterocycles. The Balaban J connectivity index is 2.15. The summed E-state index contributed by atoms with van der Waals surface area (Å²) in [7, 11) is 0. The Bertz CT molecular complexity index is 654. The first kappa shape index (κ1) is 12.4. The van der Waals surface area contributed by atoms with E-state index in [2.05, 4.69) is 28.1 Å². The summed E-state index contributed by atoms with van der Waals surface area (Å²) in [6.07, 6.45) is 0.846. The van der Waals surface area contributed by atoms with Gasteiger partial charge in [-0.2, -0.15) is 0 Å². The minimum atomic E-state index is -0.224. The van der Waals surface area contributed by atoms with Gasteiger partial charge in [-0.1, -0.05) is 46.3 Å². The zero-order chi connectivity index (χ0) is 13.4. The van der Waals surface area contributed by atoms with Gasteiger partial charge >= 0.3 is 0 Å². The van der Waals surface area contributed by atoms with Gasteiger partial charge in [0.25, 0.3) is 0 Å². The number of fused-ring (bicyclic) bond motifs is 2. The van der Waals surface area contributed by atoms with Crippen LogP contribution in [0, 0.1) is 10.1 Å². The molecule has 3 nitrogen and oxygen atoms in total. The summed E-state index contributed by atoms with van der Waals surface area (Å²) in [5, 5.41) is 11.0. The average Bonchev–Trinajstić information content (AvgIpc) is 2.37. The number of nitro groups is 1. The van der Waals surface area contributed by atoms with Crippen molar-refractivity contribution in [1.29, 1.82) is 0 Å². The number of nitrogens with zero attached hydrogens (tertiary/aromatic N) is 1. The van der Waals surface area contributed by atoms with Crippen LogP contribution in [-0.4, -0.2) is 11.5 Å². The zero-order valence-corrected chi connectivity index (χ0v) is 11.8. The molecule has 0 N–H and O–H groups in total. The van der Waals surface area contributed by atoms with E-state index in [1.165, 1.54) is 11.1 Å². The lowest BCUT2D eigenvalue weighted by atomic mass is 9.78. The van der Waals surface area contributed by atoms with E-state index in [4.69, 9.17) is 0 Å². The van der Waals surface area contributed by atoms with E-state index in [9.17, 15) is 10.1 Å². The molecule has 1 atom stereocenters. The molecule has 0 bridgehead atoms. The summed E-state index contributed by atoms with van der Waals surface area (Å²) in [4.78, 5) is 10.7. The Morgan fingerprint density at radius 3 is 2.68 bits per heavy atom. The lowest BCUT2D eigenvalue weighted by molar-refractivity contribution is -0.481. The maximum atomic E-state index is 11.0. The van der Waals surface area contributed by atoms with Crippen molar-refractivity contribution in [3.63, 3.8) is 0 Å². The second-order valence-electron chi connectivity index (χ2n) is 4.79. The fourth-order valence-corrected chi connectivity index (χ4v) is 3.23. The largest absolute Gasteiger partial charge is 0.265 e. The highest BCUT2D eigenvalue weighted by Gasteiger charge is 2.28. The molecule has 0 amide bonds. The van der Waals surface area contributed by atoms with Crippen LogP contribution in [0.15, 0.2) is 46.9 Å². The number of rotatable bonds is 2. The van der Waals surface area contributed by atoms with Gasteiger partial charge in [-0.25, -0.2) is 0 Å². The first-order valence-corrected chi connectivity index (χ1v) is 6.92. The molecule has 0 fully saturated rings. The van der Waals surface area contributed by atoms with Gasteiger partial charge < -0.3 is 0 Å². The molecule has 1 aliphatic carbocycles.